The lowest BCUT2D eigenvalue weighted by molar-refractivity contribution is 0.0968. The van der Waals surface area contributed by atoms with E-state index in [9.17, 15) is 4.79 Å². The van der Waals surface area contributed by atoms with Gasteiger partial charge in [-0.25, -0.2) is 0 Å². The van der Waals surface area contributed by atoms with Crippen LogP contribution in [0.15, 0.2) is 18.2 Å². The van der Waals surface area contributed by atoms with Crippen LogP contribution in [0.3, 0.4) is 0 Å². The minimum atomic E-state index is 0.231. The first-order valence-corrected chi connectivity index (χ1v) is 5.54. The van der Waals surface area contributed by atoms with E-state index in [1.54, 1.807) is 0 Å². The smallest absolute Gasteiger partial charge is 0.168 e. The molecule has 1 aromatic rings. The molecule has 1 fully saturated rings. The Hall–Kier alpha value is -1.31. The van der Waals surface area contributed by atoms with Crippen molar-refractivity contribution in [1.82, 2.24) is 0 Å². The summed E-state index contributed by atoms with van der Waals surface area (Å²) < 4.78 is 0. The molecule has 1 saturated carbocycles. The Kier molecular flexibility index (Phi) is 2.51. The predicted molar refractivity (Wildman–Crippen MR) is 62.0 cm³/mol. The molecule has 2 N–H and O–H groups in total. The molecule has 0 spiro atoms. The van der Waals surface area contributed by atoms with Crippen LogP contribution in [0.1, 0.15) is 48.5 Å². The van der Waals surface area contributed by atoms with E-state index in [-0.39, 0.29) is 11.7 Å². The number of hydrogen-bond donors (Lipinski definition) is 1. The van der Waals surface area contributed by atoms with Gasteiger partial charge < -0.3 is 5.73 Å². The zero-order chi connectivity index (χ0) is 11.0. The summed E-state index contributed by atoms with van der Waals surface area (Å²) in [5.74, 6) is 0.849. The monoisotopic (exact) mass is 203 g/mol. The van der Waals surface area contributed by atoms with Gasteiger partial charge in [-0.1, -0.05) is 26.0 Å². The van der Waals surface area contributed by atoms with E-state index in [1.165, 1.54) is 0 Å². The van der Waals surface area contributed by atoms with Crippen molar-refractivity contribution in [2.24, 2.45) is 5.92 Å². The average molecular weight is 203 g/mol. The van der Waals surface area contributed by atoms with Gasteiger partial charge >= 0.3 is 0 Å². The van der Waals surface area contributed by atoms with Gasteiger partial charge in [0.1, 0.15) is 0 Å². The van der Waals surface area contributed by atoms with Crippen LogP contribution in [0.5, 0.6) is 0 Å². The Morgan fingerprint density at radius 1 is 1.40 bits per heavy atom. The summed E-state index contributed by atoms with van der Waals surface area (Å²) in [6.07, 6.45) is 2.06. The Morgan fingerprint density at radius 2 is 2.07 bits per heavy atom. The van der Waals surface area contributed by atoms with Gasteiger partial charge in [-0.3, -0.25) is 4.79 Å². The summed E-state index contributed by atoms with van der Waals surface area (Å²) in [5.41, 5.74) is 8.52. The third-order valence-electron chi connectivity index (χ3n) is 2.98. The van der Waals surface area contributed by atoms with Crippen molar-refractivity contribution in [2.45, 2.75) is 32.6 Å². The zero-order valence-corrected chi connectivity index (χ0v) is 9.29. The highest BCUT2D eigenvalue weighted by Gasteiger charge is 2.31. The topological polar surface area (TPSA) is 43.1 Å². The molecule has 0 bridgehead atoms. The normalized spacial score (nSPS) is 15.7. The first kappa shape index (κ1) is 10.2. The van der Waals surface area contributed by atoms with E-state index in [0.717, 1.165) is 24.0 Å². The SMILES string of the molecule is CC(C)c1cccc(C(=O)C2CC2)c1N. The highest BCUT2D eigenvalue weighted by molar-refractivity contribution is 6.04. The standard InChI is InChI=1S/C13H17NO/c1-8(2)10-4-3-5-11(12(10)14)13(15)9-6-7-9/h3-5,8-9H,6-7,14H2,1-2H3. The van der Waals surface area contributed by atoms with E-state index in [4.69, 9.17) is 5.73 Å². The molecule has 2 nitrogen and oxygen atoms in total. The summed E-state index contributed by atoms with van der Waals surface area (Å²) in [4.78, 5) is 11.9. The van der Waals surface area contributed by atoms with Gasteiger partial charge in [0, 0.05) is 17.2 Å². The second-order valence-corrected chi connectivity index (χ2v) is 4.60. The lowest BCUT2D eigenvalue weighted by Crippen LogP contribution is -2.08. The fourth-order valence-electron chi connectivity index (χ4n) is 1.87. The van der Waals surface area contributed by atoms with E-state index >= 15 is 0 Å². The molecule has 1 aliphatic rings. The fraction of sp³-hybridized carbons (Fsp3) is 0.462. The Balaban J connectivity index is 2.39. The number of anilines is 1. The number of carbonyl (C=O) groups is 1. The first-order valence-electron chi connectivity index (χ1n) is 5.54. The Labute approximate surface area is 90.5 Å². The van der Waals surface area contributed by atoms with Gasteiger partial charge in [0.15, 0.2) is 5.78 Å². The molecule has 0 saturated heterocycles. The third kappa shape index (κ3) is 1.89. The minimum absolute atomic E-state index is 0.231. The fourth-order valence-corrected chi connectivity index (χ4v) is 1.87. The number of para-hydroxylation sites is 1. The molecule has 2 rings (SSSR count). The molecule has 0 heterocycles. The molecule has 1 aromatic carbocycles. The lowest BCUT2D eigenvalue weighted by Gasteiger charge is -2.12. The number of nitrogens with two attached hydrogens (primary N) is 1. The highest BCUT2D eigenvalue weighted by atomic mass is 16.1. The second-order valence-electron chi connectivity index (χ2n) is 4.60. The van der Waals surface area contributed by atoms with Crippen molar-refractivity contribution in [1.29, 1.82) is 0 Å². The van der Waals surface area contributed by atoms with Crippen molar-refractivity contribution in [2.75, 3.05) is 5.73 Å². The van der Waals surface area contributed by atoms with Crippen molar-refractivity contribution in [3.05, 3.63) is 29.3 Å². The summed E-state index contributed by atoms with van der Waals surface area (Å²) in [6.45, 7) is 4.19. The van der Waals surface area contributed by atoms with E-state index in [1.807, 2.05) is 18.2 Å². The summed E-state index contributed by atoms with van der Waals surface area (Å²) >= 11 is 0. The van der Waals surface area contributed by atoms with Gasteiger partial charge in [0.25, 0.3) is 0 Å². The Morgan fingerprint density at radius 3 is 2.60 bits per heavy atom. The van der Waals surface area contributed by atoms with Crippen molar-refractivity contribution in [3.8, 4) is 0 Å². The van der Waals surface area contributed by atoms with Crippen LogP contribution in [0, 0.1) is 5.92 Å². The van der Waals surface area contributed by atoms with Gasteiger partial charge in [-0.15, -0.1) is 0 Å². The predicted octanol–water partition coefficient (Wildman–Crippen LogP) is 2.98. The number of ketones is 1. The van der Waals surface area contributed by atoms with Crippen LogP contribution in [0.4, 0.5) is 5.69 Å². The van der Waals surface area contributed by atoms with E-state index < -0.39 is 0 Å². The molecule has 1 aliphatic carbocycles. The summed E-state index contributed by atoms with van der Waals surface area (Å²) in [6, 6.07) is 5.78. The van der Waals surface area contributed by atoms with Crippen molar-refractivity contribution < 1.29 is 4.79 Å². The molecule has 0 atom stereocenters. The van der Waals surface area contributed by atoms with Crippen LogP contribution in [0.2, 0.25) is 0 Å². The minimum Gasteiger partial charge on any atom is -0.398 e. The molecular weight excluding hydrogens is 186 g/mol. The average Bonchev–Trinajstić information content (AvgIpc) is 3.00. The van der Waals surface area contributed by atoms with Crippen molar-refractivity contribution in [3.63, 3.8) is 0 Å². The number of nitrogen functional groups attached to an aromatic ring is 1. The molecular formula is C13H17NO. The van der Waals surface area contributed by atoms with Gasteiger partial charge in [-0.05, 0) is 30.4 Å². The summed E-state index contributed by atoms with van der Waals surface area (Å²) in [5, 5.41) is 0. The van der Waals surface area contributed by atoms with Crippen LogP contribution in [-0.4, -0.2) is 5.78 Å². The first-order chi connectivity index (χ1) is 7.11. The number of hydrogen-bond acceptors (Lipinski definition) is 2. The quantitative estimate of drug-likeness (QED) is 0.606. The number of benzene rings is 1. The number of carbonyl (C=O) groups excluding carboxylic acids is 1. The molecule has 15 heavy (non-hydrogen) atoms. The van der Waals surface area contributed by atoms with E-state index in [2.05, 4.69) is 13.8 Å². The van der Waals surface area contributed by atoms with E-state index in [0.29, 0.717) is 11.6 Å². The molecule has 0 aliphatic heterocycles. The second kappa shape index (κ2) is 3.69. The molecule has 0 radical (unpaired) electrons. The summed E-state index contributed by atoms with van der Waals surface area (Å²) in [7, 11) is 0. The maximum atomic E-state index is 11.9. The maximum Gasteiger partial charge on any atom is 0.168 e. The van der Waals surface area contributed by atoms with Crippen LogP contribution in [0.25, 0.3) is 0 Å². The van der Waals surface area contributed by atoms with Gasteiger partial charge in [0.05, 0.1) is 0 Å². The van der Waals surface area contributed by atoms with Gasteiger partial charge in [0.2, 0.25) is 0 Å². The number of rotatable bonds is 3. The molecule has 0 aromatic heterocycles. The lowest BCUT2D eigenvalue weighted by atomic mass is 9.95. The largest absolute Gasteiger partial charge is 0.398 e. The molecule has 0 unspecified atom stereocenters. The van der Waals surface area contributed by atoms with Crippen LogP contribution >= 0.6 is 0 Å². The van der Waals surface area contributed by atoms with Crippen LogP contribution < -0.4 is 5.73 Å². The number of Topliss-reactive ketones (excluding diaryl/α,β-unsaturated/α-hetero) is 1. The third-order valence-corrected chi connectivity index (χ3v) is 2.98. The maximum absolute atomic E-state index is 11.9. The Bertz CT molecular complexity index is 392. The highest BCUT2D eigenvalue weighted by Crippen LogP contribution is 2.35. The molecule has 0 amide bonds. The van der Waals surface area contributed by atoms with Gasteiger partial charge in [-0.2, -0.15) is 0 Å². The van der Waals surface area contributed by atoms with Crippen LogP contribution in [-0.2, 0) is 0 Å². The molecule has 2 heteroatoms. The zero-order valence-electron chi connectivity index (χ0n) is 9.29. The molecule has 80 valence electrons. The van der Waals surface area contributed by atoms with Crippen molar-refractivity contribution >= 4 is 11.5 Å².